The van der Waals surface area contributed by atoms with Gasteiger partial charge < -0.3 is 15.4 Å². The normalized spacial score (nSPS) is 15.4. The van der Waals surface area contributed by atoms with Crippen molar-refractivity contribution in [3.8, 4) is 5.75 Å². The Kier molecular flexibility index (Phi) is 5.03. The lowest BCUT2D eigenvalue weighted by Gasteiger charge is -2.18. The van der Waals surface area contributed by atoms with E-state index in [0.29, 0.717) is 17.9 Å². The molecule has 25 heavy (non-hydrogen) atoms. The fourth-order valence-corrected chi connectivity index (χ4v) is 2.54. The van der Waals surface area contributed by atoms with Crippen LogP contribution in [0.4, 0.5) is 10.5 Å². The minimum Gasteiger partial charge on any atom is -0.494 e. The Bertz CT molecular complexity index is 802. The van der Waals surface area contributed by atoms with Gasteiger partial charge in [-0.25, -0.2) is 4.79 Å². The first-order chi connectivity index (χ1) is 12.2. The van der Waals surface area contributed by atoms with E-state index < -0.39 is 0 Å². The third-order valence-corrected chi connectivity index (χ3v) is 3.72. The predicted octanol–water partition coefficient (Wildman–Crippen LogP) is 3.55. The van der Waals surface area contributed by atoms with Crippen LogP contribution in [0.15, 0.2) is 58.8 Å². The fourth-order valence-electron chi connectivity index (χ4n) is 2.54. The van der Waals surface area contributed by atoms with E-state index in [-0.39, 0.29) is 24.5 Å². The number of ether oxygens (including phenoxy) is 1. The van der Waals surface area contributed by atoms with E-state index in [9.17, 15) is 9.59 Å². The summed E-state index contributed by atoms with van der Waals surface area (Å²) in [4.78, 5) is 23.8. The maximum Gasteiger partial charge on any atom is 0.319 e. The lowest BCUT2D eigenvalue weighted by molar-refractivity contribution is 0.0985. The summed E-state index contributed by atoms with van der Waals surface area (Å²) in [6.45, 7) is 2.75. The second-order valence-electron chi connectivity index (χ2n) is 5.42. The van der Waals surface area contributed by atoms with Crippen LogP contribution in [0.2, 0.25) is 0 Å². The molecule has 3 amide bonds. The number of nitrogens with one attached hydrogen (secondary N) is 2. The highest BCUT2D eigenvalue weighted by molar-refractivity contribution is 5.97. The zero-order valence-electron chi connectivity index (χ0n) is 13.7. The number of carbonyl (C=O) groups is 2. The third kappa shape index (κ3) is 4.00. The lowest BCUT2D eigenvalue weighted by Crippen LogP contribution is -2.32. The number of anilines is 1. The molecule has 1 atom stereocenters. The van der Waals surface area contributed by atoms with Gasteiger partial charge in [-0.15, -0.1) is 5.11 Å². The average Bonchev–Trinajstić information content (AvgIpc) is 2.63. The van der Waals surface area contributed by atoms with Crippen LogP contribution in [0.5, 0.6) is 5.75 Å². The van der Waals surface area contributed by atoms with Crippen LogP contribution >= 0.6 is 0 Å². The van der Waals surface area contributed by atoms with Gasteiger partial charge in [0.05, 0.1) is 6.61 Å². The van der Waals surface area contributed by atoms with Gasteiger partial charge in [0.1, 0.15) is 11.8 Å². The Hall–Kier alpha value is -3.22. The number of carbonyl (C=O) groups excluding carboxylic acids is 2. The molecule has 128 valence electrons. The molecule has 2 aromatic rings. The number of amides is 3. The van der Waals surface area contributed by atoms with Crippen LogP contribution in [0, 0.1) is 0 Å². The van der Waals surface area contributed by atoms with Crippen LogP contribution in [0.1, 0.15) is 28.9 Å². The molecule has 0 radical (unpaired) electrons. The second-order valence-corrected chi connectivity index (χ2v) is 5.42. The van der Waals surface area contributed by atoms with Gasteiger partial charge in [0.25, 0.3) is 5.91 Å². The summed E-state index contributed by atoms with van der Waals surface area (Å²) >= 11 is 0. The van der Waals surface area contributed by atoms with Crippen molar-refractivity contribution < 1.29 is 14.3 Å². The number of rotatable bonds is 5. The molecule has 7 nitrogen and oxygen atoms in total. The Morgan fingerprint density at radius 2 is 1.92 bits per heavy atom. The molecule has 2 aromatic carbocycles. The van der Waals surface area contributed by atoms with Crippen LogP contribution in [-0.4, -0.2) is 25.1 Å². The molecule has 1 aliphatic rings. The van der Waals surface area contributed by atoms with Gasteiger partial charge in [0, 0.05) is 17.8 Å². The summed E-state index contributed by atoms with van der Waals surface area (Å²) in [6.07, 6.45) is 0. The minimum absolute atomic E-state index is 0.247. The van der Waals surface area contributed by atoms with E-state index in [0.717, 1.165) is 11.3 Å². The van der Waals surface area contributed by atoms with Crippen molar-refractivity contribution in [1.29, 1.82) is 0 Å². The average molecular weight is 338 g/mol. The monoisotopic (exact) mass is 338 g/mol. The maximum atomic E-state index is 12.0. The standard InChI is InChI=1S/C18H18N4O3/c1-2-25-13-9-7-12(8-10-13)20-18(24)19-11-16-14-5-3-4-6-15(14)17(23)22-21-16/h3-10,16H,2,11H2,1H3,(H2,19,20,24). The van der Waals surface area contributed by atoms with Gasteiger partial charge >= 0.3 is 6.03 Å². The first-order valence-corrected chi connectivity index (χ1v) is 7.99. The van der Waals surface area contributed by atoms with Crippen molar-refractivity contribution in [3.63, 3.8) is 0 Å². The number of nitrogens with zero attached hydrogens (tertiary/aromatic N) is 2. The largest absolute Gasteiger partial charge is 0.494 e. The highest BCUT2D eigenvalue weighted by atomic mass is 16.5. The Balaban J connectivity index is 1.57. The minimum atomic E-state index is -0.375. The topological polar surface area (TPSA) is 92.2 Å². The summed E-state index contributed by atoms with van der Waals surface area (Å²) in [7, 11) is 0. The lowest BCUT2D eigenvalue weighted by atomic mass is 9.99. The molecule has 2 N–H and O–H groups in total. The van der Waals surface area contributed by atoms with Gasteiger partial charge in [0.15, 0.2) is 0 Å². The molecule has 0 fully saturated rings. The number of hydrogen-bond acceptors (Lipinski definition) is 4. The molecule has 3 rings (SSSR count). The van der Waals surface area contributed by atoms with E-state index in [1.165, 1.54) is 0 Å². The van der Waals surface area contributed by atoms with Crippen molar-refractivity contribution >= 4 is 17.6 Å². The number of fused-ring (bicyclic) bond motifs is 1. The SMILES string of the molecule is CCOc1ccc(NC(=O)NCC2N=NC(=O)c3ccccc32)cc1. The number of hydrogen-bond donors (Lipinski definition) is 2. The molecule has 0 bridgehead atoms. The summed E-state index contributed by atoms with van der Waals surface area (Å²) in [6, 6.07) is 13.5. The smallest absolute Gasteiger partial charge is 0.319 e. The molecule has 1 unspecified atom stereocenters. The van der Waals surface area contributed by atoms with Crippen molar-refractivity contribution in [3.05, 3.63) is 59.7 Å². The van der Waals surface area contributed by atoms with Crippen LogP contribution in [0.3, 0.4) is 0 Å². The quantitative estimate of drug-likeness (QED) is 0.873. The molecule has 7 heteroatoms. The third-order valence-electron chi connectivity index (χ3n) is 3.72. The van der Waals surface area contributed by atoms with Gasteiger partial charge in [-0.05, 0) is 42.8 Å². The molecule has 1 heterocycles. The highest BCUT2D eigenvalue weighted by Gasteiger charge is 2.23. The Labute approximate surface area is 145 Å². The molecular weight excluding hydrogens is 320 g/mol. The predicted molar refractivity (Wildman–Crippen MR) is 93.0 cm³/mol. The molecule has 0 aliphatic carbocycles. The molecule has 0 spiro atoms. The van der Waals surface area contributed by atoms with E-state index >= 15 is 0 Å². The number of benzene rings is 2. The molecule has 0 saturated heterocycles. The van der Waals surface area contributed by atoms with E-state index in [4.69, 9.17) is 4.74 Å². The van der Waals surface area contributed by atoms with E-state index in [1.807, 2.05) is 19.1 Å². The maximum absolute atomic E-state index is 12.0. The second kappa shape index (κ2) is 7.57. The van der Waals surface area contributed by atoms with Crippen LogP contribution in [0.25, 0.3) is 0 Å². The van der Waals surface area contributed by atoms with Crippen molar-refractivity contribution in [2.45, 2.75) is 13.0 Å². The summed E-state index contributed by atoms with van der Waals surface area (Å²) in [5, 5.41) is 13.1. The number of azo groups is 1. The van der Waals surface area contributed by atoms with Gasteiger partial charge in [-0.1, -0.05) is 18.2 Å². The fraction of sp³-hybridized carbons (Fsp3) is 0.222. The highest BCUT2D eigenvalue weighted by Crippen LogP contribution is 2.26. The van der Waals surface area contributed by atoms with Crippen molar-refractivity contribution in [1.82, 2.24) is 5.32 Å². The van der Waals surface area contributed by atoms with Gasteiger partial charge in [0.2, 0.25) is 0 Å². The van der Waals surface area contributed by atoms with Crippen LogP contribution in [-0.2, 0) is 0 Å². The molecular formula is C18H18N4O3. The molecule has 0 saturated carbocycles. The Morgan fingerprint density at radius 1 is 1.16 bits per heavy atom. The van der Waals surface area contributed by atoms with E-state index in [1.54, 1.807) is 36.4 Å². The zero-order chi connectivity index (χ0) is 17.6. The summed E-state index contributed by atoms with van der Waals surface area (Å²) in [5.74, 6) is 0.392. The zero-order valence-corrected chi connectivity index (χ0v) is 13.7. The van der Waals surface area contributed by atoms with Crippen molar-refractivity contribution in [2.24, 2.45) is 10.2 Å². The first kappa shape index (κ1) is 16.6. The first-order valence-electron chi connectivity index (χ1n) is 7.99. The van der Waals surface area contributed by atoms with E-state index in [2.05, 4.69) is 20.9 Å². The van der Waals surface area contributed by atoms with Crippen molar-refractivity contribution in [2.75, 3.05) is 18.5 Å². The van der Waals surface area contributed by atoms with Gasteiger partial charge in [-0.3, -0.25) is 4.79 Å². The summed E-state index contributed by atoms with van der Waals surface area (Å²) in [5.41, 5.74) is 1.95. The Morgan fingerprint density at radius 3 is 2.68 bits per heavy atom. The summed E-state index contributed by atoms with van der Waals surface area (Å²) < 4.78 is 5.36. The molecule has 1 aliphatic heterocycles. The number of urea groups is 1. The van der Waals surface area contributed by atoms with Crippen LogP contribution < -0.4 is 15.4 Å². The molecule has 0 aromatic heterocycles. The van der Waals surface area contributed by atoms with Gasteiger partial charge in [-0.2, -0.15) is 5.11 Å².